The minimum atomic E-state index is -0.500. The molecule has 1 aromatic carbocycles. The fraction of sp³-hybridized carbons (Fsp3) is 0.238. The van der Waals surface area contributed by atoms with Gasteiger partial charge in [0.25, 0.3) is 11.2 Å². The van der Waals surface area contributed by atoms with Crippen molar-refractivity contribution in [2.24, 2.45) is 7.05 Å². The van der Waals surface area contributed by atoms with Gasteiger partial charge in [0.15, 0.2) is 0 Å². The first-order chi connectivity index (χ1) is 14.3. The third kappa shape index (κ3) is 4.40. The quantitative estimate of drug-likeness (QED) is 0.535. The van der Waals surface area contributed by atoms with Crippen LogP contribution in [0.1, 0.15) is 13.8 Å². The number of aryl methyl sites for hydroxylation is 1. The summed E-state index contributed by atoms with van der Waals surface area (Å²) in [7, 11) is 1.59. The predicted molar refractivity (Wildman–Crippen MR) is 110 cm³/mol. The summed E-state index contributed by atoms with van der Waals surface area (Å²) >= 11 is 0. The Morgan fingerprint density at radius 1 is 1.23 bits per heavy atom. The standard InChI is InChI=1S/C21H21N3O6/c1-4-29-20-12-21(26)22(3)13-18(20)17-11-15(24(27)28)5-6-19(17)30-16-7-9-23(10-8-16)14(2)25/h5-9,11-13H,4,10H2,1-3H3. The summed E-state index contributed by atoms with van der Waals surface area (Å²) in [5.74, 6) is 1.06. The lowest BCUT2D eigenvalue weighted by Crippen LogP contribution is -2.25. The van der Waals surface area contributed by atoms with Crippen molar-refractivity contribution in [2.45, 2.75) is 13.8 Å². The van der Waals surface area contributed by atoms with Crippen molar-refractivity contribution in [1.29, 1.82) is 0 Å². The van der Waals surface area contributed by atoms with E-state index < -0.39 is 4.92 Å². The number of ether oxygens (including phenoxy) is 2. The number of nitro groups is 1. The van der Waals surface area contributed by atoms with Gasteiger partial charge in [0, 0.05) is 62.2 Å². The summed E-state index contributed by atoms with van der Waals surface area (Å²) in [6, 6.07) is 5.56. The third-order valence-electron chi connectivity index (χ3n) is 4.49. The molecule has 0 radical (unpaired) electrons. The van der Waals surface area contributed by atoms with Gasteiger partial charge in [0.1, 0.15) is 17.3 Å². The lowest BCUT2D eigenvalue weighted by Gasteiger charge is -2.20. The van der Waals surface area contributed by atoms with Crippen molar-refractivity contribution in [3.8, 4) is 22.6 Å². The molecule has 0 N–H and O–H groups in total. The average Bonchev–Trinajstić information content (AvgIpc) is 2.71. The van der Waals surface area contributed by atoms with E-state index in [2.05, 4.69) is 0 Å². The molecule has 1 aliphatic heterocycles. The zero-order valence-electron chi connectivity index (χ0n) is 16.8. The van der Waals surface area contributed by atoms with Crippen molar-refractivity contribution in [3.05, 3.63) is 75.0 Å². The summed E-state index contributed by atoms with van der Waals surface area (Å²) in [5, 5.41) is 11.3. The Morgan fingerprint density at radius 3 is 2.60 bits per heavy atom. The first kappa shape index (κ1) is 20.8. The van der Waals surface area contributed by atoms with Gasteiger partial charge >= 0.3 is 0 Å². The highest BCUT2D eigenvalue weighted by atomic mass is 16.6. The molecule has 0 unspecified atom stereocenters. The largest absolute Gasteiger partial charge is 0.493 e. The Labute approximate surface area is 172 Å². The van der Waals surface area contributed by atoms with E-state index in [0.29, 0.717) is 41.5 Å². The second kappa shape index (κ2) is 8.64. The molecule has 0 fully saturated rings. The van der Waals surface area contributed by atoms with E-state index >= 15 is 0 Å². The van der Waals surface area contributed by atoms with E-state index in [4.69, 9.17) is 9.47 Å². The smallest absolute Gasteiger partial charge is 0.270 e. The Kier molecular flexibility index (Phi) is 6.01. The second-order valence-corrected chi connectivity index (χ2v) is 6.57. The molecule has 30 heavy (non-hydrogen) atoms. The molecule has 2 aromatic rings. The molecular weight excluding hydrogens is 390 g/mol. The number of rotatable bonds is 6. The zero-order chi connectivity index (χ0) is 21.8. The van der Waals surface area contributed by atoms with E-state index in [1.165, 1.54) is 40.7 Å². The topological polar surface area (TPSA) is 104 Å². The number of non-ortho nitro benzene ring substituents is 1. The molecule has 0 saturated carbocycles. The molecule has 9 heteroatoms. The molecule has 0 aliphatic carbocycles. The number of aromatic nitrogens is 1. The van der Waals surface area contributed by atoms with E-state index in [-0.39, 0.29) is 17.2 Å². The van der Waals surface area contributed by atoms with Crippen LogP contribution in [0.2, 0.25) is 0 Å². The number of hydrogen-bond donors (Lipinski definition) is 0. The van der Waals surface area contributed by atoms with Crippen LogP contribution in [0.5, 0.6) is 11.5 Å². The Morgan fingerprint density at radius 2 is 2.00 bits per heavy atom. The number of nitrogens with zero attached hydrogens (tertiary/aromatic N) is 3. The SMILES string of the molecule is CCOc1cc(=O)n(C)cc1-c1cc([N+](=O)[O-])ccc1OC1=CCN(C(C)=O)C=C1. The van der Waals surface area contributed by atoms with Gasteiger partial charge in [-0.15, -0.1) is 0 Å². The molecule has 0 atom stereocenters. The molecule has 1 aliphatic rings. The maximum atomic E-state index is 12.1. The highest BCUT2D eigenvalue weighted by Gasteiger charge is 2.19. The van der Waals surface area contributed by atoms with E-state index in [9.17, 15) is 19.7 Å². The van der Waals surface area contributed by atoms with Crippen LogP contribution in [-0.4, -0.2) is 33.4 Å². The monoisotopic (exact) mass is 411 g/mol. The third-order valence-corrected chi connectivity index (χ3v) is 4.49. The Hall–Kier alpha value is -3.88. The molecule has 0 spiro atoms. The number of allylic oxidation sites excluding steroid dienone is 1. The highest BCUT2D eigenvalue weighted by Crippen LogP contribution is 2.39. The van der Waals surface area contributed by atoms with E-state index in [0.717, 1.165) is 0 Å². The normalized spacial score (nSPS) is 13.0. The van der Waals surface area contributed by atoms with Crippen molar-refractivity contribution in [1.82, 2.24) is 9.47 Å². The zero-order valence-corrected chi connectivity index (χ0v) is 16.8. The first-order valence-corrected chi connectivity index (χ1v) is 9.26. The van der Waals surface area contributed by atoms with Crippen LogP contribution in [0.15, 0.2) is 59.4 Å². The number of amides is 1. The van der Waals surface area contributed by atoms with Crippen LogP contribution in [-0.2, 0) is 11.8 Å². The van der Waals surface area contributed by atoms with Crippen molar-refractivity contribution < 1.29 is 19.2 Å². The van der Waals surface area contributed by atoms with Crippen LogP contribution in [0.3, 0.4) is 0 Å². The second-order valence-electron chi connectivity index (χ2n) is 6.57. The van der Waals surface area contributed by atoms with Gasteiger partial charge in [0.05, 0.1) is 11.5 Å². The minimum absolute atomic E-state index is 0.0934. The summed E-state index contributed by atoms with van der Waals surface area (Å²) in [6.45, 7) is 3.92. The van der Waals surface area contributed by atoms with Crippen molar-refractivity contribution in [3.63, 3.8) is 0 Å². The predicted octanol–water partition coefficient (Wildman–Crippen LogP) is 3.00. The lowest BCUT2D eigenvalue weighted by atomic mass is 10.0. The van der Waals surface area contributed by atoms with Crippen molar-refractivity contribution in [2.75, 3.05) is 13.2 Å². The van der Waals surface area contributed by atoms with Crippen molar-refractivity contribution >= 4 is 11.6 Å². The summed E-state index contributed by atoms with van der Waals surface area (Å²) < 4.78 is 12.9. The molecule has 9 nitrogen and oxygen atoms in total. The number of hydrogen-bond acceptors (Lipinski definition) is 6. The molecular formula is C21H21N3O6. The van der Waals surface area contributed by atoms with Crippen LogP contribution in [0.4, 0.5) is 5.69 Å². The number of pyridine rings is 1. The first-order valence-electron chi connectivity index (χ1n) is 9.26. The minimum Gasteiger partial charge on any atom is -0.493 e. The molecule has 156 valence electrons. The van der Waals surface area contributed by atoms with Gasteiger partial charge in [-0.05, 0) is 25.1 Å². The summed E-state index contributed by atoms with van der Waals surface area (Å²) in [5.41, 5.74) is 0.511. The maximum absolute atomic E-state index is 12.1. The van der Waals surface area contributed by atoms with Gasteiger partial charge in [-0.3, -0.25) is 19.7 Å². The summed E-state index contributed by atoms with van der Waals surface area (Å²) in [6.07, 6.45) is 6.54. The fourth-order valence-electron chi connectivity index (χ4n) is 2.94. The molecule has 0 bridgehead atoms. The molecule has 2 heterocycles. The Balaban J connectivity index is 2.08. The number of carbonyl (C=O) groups excluding carboxylic acids is 1. The maximum Gasteiger partial charge on any atom is 0.270 e. The van der Waals surface area contributed by atoms with Gasteiger partial charge in [-0.2, -0.15) is 0 Å². The van der Waals surface area contributed by atoms with Crippen LogP contribution >= 0.6 is 0 Å². The van der Waals surface area contributed by atoms with Gasteiger partial charge < -0.3 is 18.9 Å². The van der Waals surface area contributed by atoms with Gasteiger partial charge in [0.2, 0.25) is 5.91 Å². The van der Waals surface area contributed by atoms with Gasteiger partial charge in [-0.25, -0.2) is 0 Å². The number of benzene rings is 1. The molecule has 1 amide bonds. The number of nitro benzene ring substituents is 1. The molecule has 3 rings (SSSR count). The number of carbonyl (C=O) groups is 1. The highest BCUT2D eigenvalue weighted by molar-refractivity contribution is 5.77. The van der Waals surface area contributed by atoms with E-state index in [1.807, 2.05) is 0 Å². The lowest BCUT2D eigenvalue weighted by molar-refractivity contribution is -0.384. The van der Waals surface area contributed by atoms with Crippen LogP contribution < -0.4 is 15.0 Å². The summed E-state index contributed by atoms with van der Waals surface area (Å²) in [4.78, 5) is 35.9. The van der Waals surface area contributed by atoms with Crippen LogP contribution in [0, 0.1) is 10.1 Å². The molecule has 0 saturated heterocycles. The molecule has 1 aromatic heterocycles. The van der Waals surface area contributed by atoms with Crippen LogP contribution in [0.25, 0.3) is 11.1 Å². The van der Waals surface area contributed by atoms with E-state index in [1.54, 1.807) is 38.5 Å². The Bertz CT molecular complexity index is 1120. The fourth-order valence-corrected chi connectivity index (χ4v) is 2.94. The average molecular weight is 411 g/mol. The van der Waals surface area contributed by atoms with Gasteiger partial charge in [-0.1, -0.05) is 0 Å².